The molecular formula is C9H16BrN. The van der Waals surface area contributed by atoms with Gasteiger partial charge in [-0.05, 0) is 32.0 Å². The molecule has 1 aliphatic rings. The first-order valence-corrected chi connectivity index (χ1v) is 5.31. The lowest BCUT2D eigenvalue weighted by atomic mass is 9.98. The second kappa shape index (κ2) is 4.27. The molecule has 1 heterocycles. The number of likely N-dealkylation sites (tertiary alicyclic amines) is 1. The number of nitrogens with zero attached hydrogens (tertiary/aromatic N) is 1. The monoisotopic (exact) mass is 217 g/mol. The van der Waals surface area contributed by atoms with Crippen molar-refractivity contribution in [1.29, 1.82) is 0 Å². The SMILES string of the molecule is C=C(CBr)C1CCCCN1C. The highest BCUT2D eigenvalue weighted by Crippen LogP contribution is 2.21. The number of piperidine rings is 1. The quantitative estimate of drug-likeness (QED) is 0.508. The normalized spacial score (nSPS) is 26.9. The van der Waals surface area contributed by atoms with Crippen LogP contribution in [-0.4, -0.2) is 29.9 Å². The van der Waals surface area contributed by atoms with Crippen molar-refractivity contribution in [2.45, 2.75) is 25.3 Å². The molecule has 0 aromatic rings. The molecule has 2 heteroatoms. The van der Waals surface area contributed by atoms with Crippen LogP contribution in [0.3, 0.4) is 0 Å². The minimum atomic E-state index is 0.628. The molecule has 0 spiro atoms. The van der Waals surface area contributed by atoms with Gasteiger partial charge < -0.3 is 0 Å². The van der Waals surface area contributed by atoms with Gasteiger partial charge in [-0.1, -0.05) is 28.9 Å². The first kappa shape index (κ1) is 9.27. The molecule has 1 unspecified atom stereocenters. The topological polar surface area (TPSA) is 3.24 Å². The van der Waals surface area contributed by atoms with Gasteiger partial charge >= 0.3 is 0 Å². The van der Waals surface area contributed by atoms with E-state index in [1.165, 1.54) is 31.4 Å². The zero-order chi connectivity index (χ0) is 8.27. The third kappa shape index (κ3) is 2.31. The van der Waals surface area contributed by atoms with E-state index in [-0.39, 0.29) is 0 Å². The Hall–Kier alpha value is 0.180. The standard InChI is InChI=1S/C9H16BrN/c1-8(7-10)9-5-3-4-6-11(9)2/h9H,1,3-7H2,2H3. The van der Waals surface area contributed by atoms with Gasteiger partial charge in [0.15, 0.2) is 0 Å². The van der Waals surface area contributed by atoms with Crippen LogP contribution in [0.2, 0.25) is 0 Å². The van der Waals surface area contributed by atoms with Gasteiger partial charge in [0.25, 0.3) is 0 Å². The van der Waals surface area contributed by atoms with Gasteiger partial charge in [-0.25, -0.2) is 0 Å². The molecule has 0 saturated carbocycles. The highest BCUT2D eigenvalue weighted by atomic mass is 79.9. The predicted molar refractivity (Wildman–Crippen MR) is 53.2 cm³/mol. The zero-order valence-electron chi connectivity index (χ0n) is 7.15. The third-order valence-corrected chi connectivity index (χ3v) is 3.13. The molecule has 1 atom stereocenters. The van der Waals surface area contributed by atoms with E-state index in [1.54, 1.807) is 0 Å². The van der Waals surface area contributed by atoms with E-state index < -0.39 is 0 Å². The van der Waals surface area contributed by atoms with Crippen LogP contribution in [0.1, 0.15) is 19.3 Å². The smallest absolute Gasteiger partial charge is 0.0310 e. The number of hydrogen-bond donors (Lipinski definition) is 0. The van der Waals surface area contributed by atoms with Crippen molar-refractivity contribution in [3.05, 3.63) is 12.2 Å². The summed E-state index contributed by atoms with van der Waals surface area (Å²) in [5.74, 6) is 0. The third-order valence-electron chi connectivity index (χ3n) is 2.41. The van der Waals surface area contributed by atoms with Gasteiger partial charge in [-0.3, -0.25) is 4.90 Å². The van der Waals surface area contributed by atoms with E-state index in [0.29, 0.717) is 6.04 Å². The molecule has 1 aliphatic heterocycles. The Morgan fingerprint density at radius 2 is 2.36 bits per heavy atom. The predicted octanol–water partition coefficient (Wildman–Crippen LogP) is 2.42. The van der Waals surface area contributed by atoms with Crippen LogP contribution in [0.5, 0.6) is 0 Å². The van der Waals surface area contributed by atoms with Gasteiger partial charge in [0.1, 0.15) is 0 Å². The fourth-order valence-electron chi connectivity index (χ4n) is 1.68. The molecule has 0 bridgehead atoms. The van der Waals surface area contributed by atoms with E-state index in [9.17, 15) is 0 Å². The Morgan fingerprint density at radius 1 is 1.64 bits per heavy atom. The Morgan fingerprint density at radius 3 is 2.91 bits per heavy atom. The summed E-state index contributed by atoms with van der Waals surface area (Å²) in [6.45, 7) is 5.29. The van der Waals surface area contributed by atoms with Crippen molar-refractivity contribution in [1.82, 2.24) is 4.90 Å². The summed E-state index contributed by atoms with van der Waals surface area (Å²) < 4.78 is 0. The van der Waals surface area contributed by atoms with Gasteiger partial charge in [0.05, 0.1) is 0 Å². The van der Waals surface area contributed by atoms with E-state index in [2.05, 4.69) is 34.5 Å². The Labute approximate surface area is 77.6 Å². The van der Waals surface area contributed by atoms with Crippen molar-refractivity contribution < 1.29 is 0 Å². The van der Waals surface area contributed by atoms with Gasteiger partial charge in [-0.2, -0.15) is 0 Å². The average Bonchev–Trinajstić information content (AvgIpc) is 2.04. The number of halogens is 1. The molecule has 0 radical (unpaired) electrons. The molecule has 1 fully saturated rings. The number of rotatable bonds is 2. The van der Waals surface area contributed by atoms with Gasteiger partial charge in [0.2, 0.25) is 0 Å². The van der Waals surface area contributed by atoms with E-state index in [1.807, 2.05) is 0 Å². The van der Waals surface area contributed by atoms with Crippen molar-refractivity contribution in [2.75, 3.05) is 18.9 Å². The second-order valence-electron chi connectivity index (χ2n) is 3.28. The summed E-state index contributed by atoms with van der Waals surface area (Å²) in [5.41, 5.74) is 1.33. The first-order valence-electron chi connectivity index (χ1n) is 4.19. The molecule has 0 N–H and O–H groups in total. The highest BCUT2D eigenvalue weighted by Gasteiger charge is 2.20. The summed E-state index contributed by atoms with van der Waals surface area (Å²) >= 11 is 3.45. The Bertz CT molecular complexity index is 144. The van der Waals surface area contributed by atoms with Crippen LogP contribution in [-0.2, 0) is 0 Å². The lowest BCUT2D eigenvalue weighted by Gasteiger charge is -2.33. The van der Waals surface area contributed by atoms with E-state index in [0.717, 1.165) is 5.33 Å². The van der Waals surface area contributed by atoms with Gasteiger partial charge in [0, 0.05) is 11.4 Å². The van der Waals surface area contributed by atoms with Crippen LogP contribution in [0, 0.1) is 0 Å². The van der Waals surface area contributed by atoms with Crippen LogP contribution in [0.15, 0.2) is 12.2 Å². The molecule has 0 amide bonds. The summed E-state index contributed by atoms with van der Waals surface area (Å²) in [7, 11) is 2.19. The molecule has 0 aromatic heterocycles. The molecule has 1 rings (SSSR count). The van der Waals surface area contributed by atoms with Crippen molar-refractivity contribution >= 4 is 15.9 Å². The fourth-order valence-corrected chi connectivity index (χ4v) is 2.05. The molecule has 1 saturated heterocycles. The molecule has 64 valence electrons. The van der Waals surface area contributed by atoms with E-state index >= 15 is 0 Å². The zero-order valence-corrected chi connectivity index (χ0v) is 8.73. The number of hydrogen-bond acceptors (Lipinski definition) is 1. The molecular weight excluding hydrogens is 202 g/mol. The number of alkyl halides is 1. The molecule has 11 heavy (non-hydrogen) atoms. The Kier molecular flexibility index (Phi) is 3.60. The molecule has 1 nitrogen and oxygen atoms in total. The maximum atomic E-state index is 4.06. The average molecular weight is 218 g/mol. The summed E-state index contributed by atoms with van der Waals surface area (Å²) in [6.07, 6.45) is 4.00. The minimum Gasteiger partial charge on any atom is -0.300 e. The lowest BCUT2D eigenvalue weighted by Crippen LogP contribution is -2.37. The van der Waals surface area contributed by atoms with Crippen molar-refractivity contribution in [3.8, 4) is 0 Å². The van der Waals surface area contributed by atoms with Crippen LogP contribution in [0.25, 0.3) is 0 Å². The second-order valence-corrected chi connectivity index (χ2v) is 3.84. The lowest BCUT2D eigenvalue weighted by molar-refractivity contribution is 0.213. The minimum absolute atomic E-state index is 0.628. The van der Waals surface area contributed by atoms with Crippen LogP contribution >= 0.6 is 15.9 Å². The fraction of sp³-hybridized carbons (Fsp3) is 0.778. The summed E-state index contributed by atoms with van der Waals surface area (Å²) in [6, 6.07) is 0.628. The van der Waals surface area contributed by atoms with Crippen molar-refractivity contribution in [2.24, 2.45) is 0 Å². The van der Waals surface area contributed by atoms with Gasteiger partial charge in [-0.15, -0.1) is 0 Å². The van der Waals surface area contributed by atoms with Crippen molar-refractivity contribution in [3.63, 3.8) is 0 Å². The maximum absolute atomic E-state index is 4.06. The number of likely N-dealkylation sites (N-methyl/N-ethyl adjacent to an activating group) is 1. The van der Waals surface area contributed by atoms with Crippen LogP contribution < -0.4 is 0 Å². The van der Waals surface area contributed by atoms with Crippen LogP contribution in [0.4, 0.5) is 0 Å². The van der Waals surface area contributed by atoms with E-state index in [4.69, 9.17) is 0 Å². The molecule has 0 aromatic carbocycles. The highest BCUT2D eigenvalue weighted by molar-refractivity contribution is 9.09. The Balaban J connectivity index is 2.47. The summed E-state index contributed by atoms with van der Waals surface area (Å²) in [5, 5.41) is 0.946. The maximum Gasteiger partial charge on any atom is 0.0310 e. The summed E-state index contributed by atoms with van der Waals surface area (Å²) in [4.78, 5) is 2.41. The molecule has 0 aliphatic carbocycles. The first-order chi connectivity index (χ1) is 5.25. The largest absolute Gasteiger partial charge is 0.300 e.